The van der Waals surface area contributed by atoms with Crippen LogP contribution in [0.1, 0.15) is 27.2 Å². The fraction of sp³-hybridized carbons (Fsp3) is 0.889. The largest absolute Gasteiger partial charge is 0.356 e. The molecule has 0 aliphatic carbocycles. The summed E-state index contributed by atoms with van der Waals surface area (Å²) in [5, 5.41) is 0.114. The van der Waals surface area contributed by atoms with E-state index < -0.39 is 6.72 Å². The highest BCUT2D eigenvalue weighted by atomic mass is 32.7. The summed E-state index contributed by atoms with van der Waals surface area (Å²) in [4.78, 5) is 11.6. The van der Waals surface area contributed by atoms with Crippen LogP contribution in [0, 0.1) is 0 Å². The molecule has 1 aliphatic rings. The Labute approximate surface area is 105 Å². The molecule has 0 aromatic rings. The van der Waals surface area contributed by atoms with Crippen molar-refractivity contribution in [1.29, 1.82) is 0 Å². The van der Waals surface area contributed by atoms with E-state index in [0.29, 0.717) is 18.9 Å². The number of hydrogen-bond donors (Lipinski definition) is 0. The van der Waals surface area contributed by atoms with Gasteiger partial charge in [0, 0.05) is 17.5 Å². The molecule has 0 aromatic heterocycles. The number of rotatable bonds is 6. The van der Waals surface area contributed by atoms with Crippen molar-refractivity contribution < 1.29 is 13.9 Å². The topological polar surface area (TPSA) is 46.6 Å². The lowest BCUT2D eigenvalue weighted by Gasteiger charge is -2.27. The first-order chi connectivity index (χ1) is 7.53. The Bertz CT molecular complexity index is 300. The molecule has 1 heterocycles. The maximum atomic E-state index is 12.6. The van der Waals surface area contributed by atoms with Gasteiger partial charge in [0.25, 0.3) is 5.24 Å². The van der Waals surface area contributed by atoms with Crippen LogP contribution in [0.4, 0.5) is 4.79 Å². The lowest BCUT2D eigenvalue weighted by molar-refractivity contribution is 0.241. The number of amides is 1. The molecular weight excluding hydrogens is 265 g/mol. The molecule has 4 nitrogen and oxygen atoms in total. The van der Waals surface area contributed by atoms with Gasteiger partial charge in [-0.2, -0.15) is 0 Å². The van der Waals surface area contributed by atoms with E-state index in [2.05, 4.69) is 0 Å². The average Bonchev–Trinajstić information content (AvgIpc) is 2.65. The maximum absolute atomic E-state index is 12.6. The molecule has 0 bridgehead atoms. The second kappa shape index (κ2) is 6.34. The highest BCUT2D eigenvalue weighted by molar-refractivity contribution is 8.56. The standard InChI is InChI=1S/C9H18NO3PS2/c1-4-8(3)16-14(12,13-5-2)10-6-7-15-9(10)11/h8H,4-7H2,1-3H3/t8-,14-/m0/s1. The lowest BCUT2D eigenvalue weighted by atomic mass is 10.4. The number of carbonyl (C=O) groups is 1. The van der Waals surface area contributed by atoms with E-state index in [9.17, 15) is 9.36 Å². The molecule has 0 saturated carbocycles. The van der Waals surface area contributed by atoms with Gasteiger partial charge in [-0.25, -0.2) is 0 Å². The van der Waals surface area contributed by atoms with Crippen molar-refractivity contribution in [1.82, 2.24) is 4.67 Å². The van der Waals surface area contributed by atoms with E-state index in [4.69, 9.17) is 4.52 Å². The average molecular weight is 283 g/mol. The molecule has 94 valence electrons. The van der Waals surface area contributed by atoms with Gasteiger partial charge in [-0.3, -0.25) is 14.0 Å². The molecule has 0 unspecified atom stereocenters. The van der Waals surface area contributed by atoms with E-state index in [1.165, 1.54) is 27.8 Å². The Morgan fingerprint density at radius 1 is 1.62 bits per heavy atom. The number of nitrogens with zero attached hydrogens (tertiary/aromatic N) is 1. The molecule has 1 rings (SSSR count). The SMILES string of the molecule is CCO[P@](=O)(S[C@@H](C)CC)N1CCSC1=O. The number of carbonyl (C=O) groups excluding carboxylic acids is 1. The quantitative estimate of drug-likeness (QED) is 0.693. The van der Waals surface area contributed by atoms with Crippen LogP contribution in [0.3, 0.4) is 0 Å². The van der Waals surface area contributed by atoms with Crippen molar-refractivity contribution in [2.24, 2.45) is 0 Å². The lowest BCUT2D eigenvalue weighted by Crippen LogP contribution is -2.20. The van der Waals surface area contributed by atoms with Crippen LogP contribution in [-0.4, -0.2) is 34.1 Å². The Hall–Kier alpha value is 0.360. The van der Waals surface area contributed by atoms with Crippen molar-refractivity contribution in [2.75, 3.05) is 18.9 Å². The van der Waals surface area contributed by atoms with E-state index in [0.717, 1.165) is 6.42 Å². The van der Waals surface area contributed by atoms with E-state index >= 15 is 0 Å². The molecule has 7 heteroatoms. The minimum absolute atomic E-state index is 0.118. The van der Waals surface area contributed by atoms with Crippen LogP contribution >= 0.6 is 29.9 Å². The Morgan fingerprint density at radius 2 is 2.31 bits per heavy atom. The fourth-order valence-electron chi connectivity index (χ4n) is 1.23. The molecule has 1 amide bonds. The summed E-state index contributed by atoms with van der Waals surface area (Å²) in [7, 11) is 0. The van der Waals surface area contributed by atoms with Crippen molar-refractivity contribution in [3.05, 3.63) is 0 Å². The van der Waals surface area contributed by atoms with Crippen LogP contribution in [0.25, 0.3) is 0 Å². The minimum Gasteiger partial charge on any atom is -0.306 e. The summed E-state index contributed by atoms with van der Waals surface area (Å²) in [6.45, 7) is 3.73. The van der Waals surface area contributed by atoms with Crippen LogP contribution in [0.5, 0.6) is 0 Å². The van der Waals surface area contributed by atoms with Gasteiger partial charge in [0.15, 0.2) is 0 Å². The molecule has 0 radical (unpaired) electrons. The zero-order valence-corrected chi connectivity index (χ0v) is 12.4. The molecular formula is C9H18NO3PS2. The third-order valence-electron chi connectivity index (χ3n) is 2.22. The van der Waals surface area contributed by atoms with Crippen molar-refractivity contribution in [3.8, 4) is 0 Å². The van der Waals surface area contributed by atoms with Crippen LogP contribution in [0.15, 0.2) is 0 Å². The Balaban J connectivity index is 2.78. The van der Waals surface area contributed by atoms with E-state index in [1.54, 1.807) is 6.92 Å². The molecule has 2 atom stereocenters. The second-order valence-corrected chi connectivity index (χ2v) is 9.20. The van der Waals surface area contributed by atoms with Crippen LogP contribution in [-0.2, 0) is 9.09 Å². The predicted octanol–water partition coefficient (Wildman–Crippen LogP) is 3.83. The number of hydrogen-bond acceptors (Lipinski definition) is 5. The first-order valence-corrected chi connectivity index (χ1v) is 9.46. The Morgan fingerprint density at radius 3 is 2.75 bits per heavy atom. The van der Waals surface area contributed by atoms with Gasteiger partial charge in [0.05, 0.1) is 6.61 Å². The van der Waals surface area contributed by atoms with Gasteiger partial charge in [0.1, 0.15) is 0 Å². The highest BCUT2D eigenvalue weighted by Crippen LogP contribution is 2.65. The van der Waals surface area contributed by atoms with Gasteiger partial charge in [-0.05, 0) is 24.7 Å². The van der Waals surface area contributed by atoms with E-state index in [1.807, 2.05) is 13.8 Å². The molecule has 1 fully saturated rings. The van der Waals surface area contributed by atoms with E-state index in [-0.39, 0.29) is 10.5 Å². The van der Waals surface area contributed by atoms with Crippen LogP contribution < -0.4 is 0 Å². The highest BCUT2D eigenvalue weighted by Gasteiger charge is 2.40. The third kappa shape index (κ3) is 3.42. The monoisotopic (exact) mass is 283 g/mol. The van der Waals surface area contributed by atoms with Crippen molar-refractivity contribution >= 4 is 35.1 Å². The fourth-order valence-corrected chi connectivity index (χ4v) is 7.61. The smallest absolute Gasteiger partial charge is 0.306 e. The van der Waals surface area contributed by atoms with Gasteiger partial charge < -0.3 is 4.52 Å². The summed E-state index contributed by atoms with van der Waals surface area (Å²) in [5.74, 6) is 0.705. The summed E-state index contributed by atoms with van der Waals surface area (Å²) in [5.41, 5.74) is 0. The number of thioether (sulfide) groups is 1. The molecule has 1 saturated heterocycles. The third-order valence-corrected chi connectivity index (χ3v) is 8.51. The summed E-state index contributed by atoms with van der Waals surface area (Å²) in [6, 6.07) is 0. The molecule has 16 heavy (non-hydrogen) atoms. The first-order valence-electron chi connectivity index (χ1n) is 5.41. The zero-order valence-electron chi connectivity index (χ0n) is 9.84. The zero-order chi connectivity index (χ0) is 12.2. The molecule has 1 aliphatic heterocycles. The second-order valence-electron chi connectivity index (χ2n) is 3.45. The molecule has 0 spiro atoms. The summed E-state index contributed by atoms with van der Waals surface area (Å²) < 4.78 is 19.4. The predicted molar refractivity (Wildman–Crippen MR) is 71.1 cm³/mol. The first kappa shape index (κ1) is 14.4. The summed E-state index contributed by atoms with van der Waals surface area (Å²) in [6.07, 6.45) is 0.914. The van der Waals surface area contributed by atoms with Crippen LogP contribution in [0.2, 0.25) is 0 Å². The normalized spacial score (nSPS) is 22.2. The molecule has 0 aromatic carbocycles. The maximum Gasteiger partial charge on any atom is 0.356 e. The Kier molecular flexibility index (Phi) is 5.71. The molecule has 0 N–H and O–H groups in total. The minimum atomic E-state index is -3.02. The summed E-state index contributed by atoms with van der Waals surface area (Å²) >= 11 is 2.51. The van der Waals surface area contributed by atoms with Crippen molar-refractivity contribution in [2.45, 2.75) is 32.4 Å². The van der Waals surface area contributed by atoms with Gasteiger partial charge in [0.2, 0.25) is 0 Å². The van der Waals surface area contributed by atoms with Gasteiger partial charge in [-0.15, -0.1) is 0 Å². The van der Waals surface area contributed by atoms with Crippen molar-refractivity contribution in [3.63, 3.8) is 0 Å². The van der Waals surface area contributed by atoms with Gasteiger partial charge in [-0.1, -0.05) is 25.6 Å². The van der Waals surface area contributed by atoms with Gasteiger partial charge >= 0.3 is 6.72 Å².